The molecule has 0 bridgehead atoms. The molecule has 7 heteroatoms. The molecule has 0 spiro atoms. The van der Waals surface area contributed by atoms with Gasteiger partial charge in [0.1, 0.15) is 0 Å². The van der Waals surface area contributed by atoms with Gasteiger partial charge in [0.2, 0.25) is 5.91 Å². The van der Waals surface area contributed by atoms with E-state index in [-0.39, 0.29) is 12.5 Å². The van der Waals surface area contributed by atoms with Gasteiger partial charge in [0.15, 0.2) is 0 Å². The fraction of sp³-hybridized carbons (Fsp3) is 0.389. The Morgan fingerprint density at radius 1 is 1.40 bits per heavy atom. The van der Waals surface area contributed by atoms with Crippen LogP contribution in [0.1, 0.15) is 39.0 Å². The number of rotatable bonds is 6. The molecule has 1 aliphatic rings. The molecule has 3 rings (SSSR count). The Hall–Kier alpha value is -2.25. The largest absolute Gasteiger partial charge is 0.368 e. The number of nitrogens with one attached hydrogen (secondary N) is 1. The lowest BCUT2D eigenvalue weighted by atomic mass is 10.0. The van der Waals surface area contributed by atoms with Gasteiger partial charge in [-0.1, -0.05) is 13.0 Å². The Bertz CT molecular complexity index is 770. The second-order valence-corrected chi connectivity index (χ2v) is 7.14. The van der Waals surface area contributed by atoms with Gasteiger partial charge in [0, 0.05) is 36.1 Å². The van der Waals surface area contributed by atoms with Crippen LogP contribution in [0.2, 0.25) is 0 Å². The fourth-order valence-corrected chi connectivity index (χ4v) is 4.08. The monoisotopic (exact) mass is 358 g/mol. The van der Waals surface area contributed by atoms with E-state index in [0.29, 0.717) is 5.56 Å². The molecule has 0 saturated carbocycles. The first-order chi connectivity index (χ1) is 12.1. The van der Waals surface area contributed by atoms with Crippen LogP contribution in [0.3, 0.4) is 0 Å². The molecule has 3 heterocycles. The molecule has 0 unspecified atom stereocenters. The SMILES string of the molecule is CCc1ccc(CN2CCc3c(C(=O)NCC(N)=O)csc3C2)nc1. The van der Waals surface area contributed by atoms with Crippen molar-refractivity contribution >= 4 is 23.2 Å². The molecule has 0 aromatic carbocycles. The zero-order valence-electron chi connectivity index (χ0n) is 14.2. The molecule has 1 aliphatic heterocycles. The average molecular weight is 358 g/mol. The molecule has 0 aliphatic carbocycles. The second kappa shape index (κ2) is 7.76. The van der Waals surface area contributed by atoms with E-state index in [9.17, 15) is 9.59 Å². The van der Waals surface area contributed by atoms with Gasteiger partial charge in [-0.15, -0.1) is 11.3 Å². The van der Waals surface area contributed by atoms with Crippen LogP contribution in [0.4, 0.5) is 0 Å². The molecule has 0 fully saturated rings. The summed E-state index contributed by atoms with van der Waals surface area (Å²) in [6.07, 6.45) is 3.76. The summed E-state index contributed by atoms with van der Waals surface area (Å²) in [6.45, 7) is 4.51. The normalized spacial score (nSPS) is 14.1. The summed E-state index contributed by atoms with van der Waals surface area (Å²) in [5.74, 6) is -0.758. The van der Waals surface area contributed by atoms with Crippen molar-refractivity contribution in [2.24, 2.45) is 5.73 Å². The Morgan fingerprint density at radius 2 is 2.24 bits per heavy atom. The van der Waals surface area contributed by atoms with Crippen molar-refractivity contribution < 1.29 is 9.59 Å². The van der Waals surface area contributed by atoms with Crippen LogP contribution in [-0.2, 0) is 30.7 Å². The van der Waals surface area contributed by atoms with E-state index in [4.69, 9.17) is 5.73 Å². The molecule has 0 saturated heterocycles. The smallest absolute Gasteiger partial charge is 0.252 e. The maximum Gasteiger partial charge on any atom is 0.252 e. The fourth-order valence-electron chi connectivity index (χ4n) is 2.96. The lowest BCUT2D eigenvalue weighted by molar-refractivity contribution is -0.117. The predicted molar refractivity (Wildman–Crippen MR) is 97.3 cm³/mol. The third-order valence-corrected chi connectivity index (χ3v) is 5.39. The molecule has 2 aromatic rings. The minimum Gasteiger partial charge on any atom is -0.368 e. The number of nitrogens with zero attached hydrogens (tertiary/aromatic N) is 2. The third-order valence-electron chi connectivity index (χ3n) is 4.37. The molecule has 2 aromatic heterocycles. The molecule has 132 valence electrons. The highest BCUT2D eigenvalue weighted by Crippen LogP contribution is 2.29. The average Bonchev–Trinajstić information content (AvgIpc) is 3.03. The second-order valence-electron chi connectivity index (χ2n) is 6.17. The summed E-state index contributed by atoms with van der Waals surface area (Å²) < 4.78 is 0. The van der Waals surface area contributed by atoms with E-state index in [1.165, 1.54) is 10.4 Å². The minimum absolute atomic E-state index is 0.130. The Balaban J connectivity index is 1.64. The summed E-state index contributed by atoms with van der Waals surface area (Å²) in [6, 6.07) is 4.22. The van der Waals surface area contributed by atoms with Crippen molar-refractivity contribution in [1.82, 2.24) is 15.2 Å². The molecule has 2 amide bonds. The van der Waals surface area contributed by atoms with Gasteiger partial charge < -0.3 is 11.1 Å². The summed E-state index contributed by atoms with van der Waals surface area (Å²) in [5, 5.41) is 4.44. The van der Waals surface area contributed by atoms with E-state index in [1.54, 1.807) is 11.3 Å². The van der Waals surface area contributed by atoms with Crippen LogP contribution in [0.25, 0.3) is 0 Å². The quantitative estimate of drug-likeness (QED) is 0.819. The van der Waals surface area contributed by atoms with Crippen molar-refractivity contribution in [3.63, 3.8) is 0 Å². The van der Waals surface area contributed by atoms with Gasteiger partial charge in [0.05, 0.1) is 17.8 Å². The van der Waals surface area contributed by atoms with Gasteiger partial charge in [-0.25, -0.2) is 0 Å². The first kappa shape index (κ1) is 17.6. The van der Waals surface area contributed by atoms with Crippen LogP contribution >= 0.6 is 11.3 Å². The van der Waals surface area contributed by atoms with Crippen LogP contribution in [-0.4, -0.2) is 34.8 Å². The van der Waals surface area contributed by atoms with Gasteiger partial charge in [-0.05, 0) is 30.0 Å². The third kappa shape index (κ3) is 4.24. The number of aryl methyl sites for hydroxylation is 1. The lowest BCUT2D eigenvalue weighted by Crippen LogP contribution is -2.34. The number of carbonyl (C=O) groups is 2. The number of primary amides is 1. The van der Waals surface area contributed by atoms with Crippen molar-refractivity contribution in [2.45, 2.75) is 32.9 Å². The zero-order chi connectivity index (χ0) is 17.8. The van der Waals surface area contributed by atoms with Gasteiger partial charge in [0.25, 0.3) is 5.91 Å². The topological polar surface area (TPSA) is 88.3 Å². The Labute approximate surface area is 151 Å². The minimum atomic E-state index is -0.537. The zero-order valence-corrected chi connectivity index (χ0v) is 15.1. The predicted octanol–water partition coefficient (Wildman–Crippen LogP) is 1.48. The van der Waals surface area contributed by atoms with Crippen LogP contribution < -0.4 is 11.1 Å². The van der Waals surface area contributed by atoms with E-state index in [0.717, 1.165) is 43.7 Å². The number of amides is 2. The van der Waals surface area contributed by atoms with Crippen molar-refractivity contribution in [3.8, 4) is 0 Å². The summed E-state index contributed by atoms with van der Waals surface area (Å²) >= 11 is 1.60. The summed E-state index contributed by atoms with van der Waals surface area (Å²) in [4.78, 5) is 31.1. The van der Waals surface area contributed by atoms with Gasteiger partial charge in [-0.3, -0.25) is 19.5 Å². The summed E-state index contributed by atoms with van der Waals surface area (Å²) in [5.41, 5.74) is 9.16. The number of hydrogen-bond acceptors (Lipinski definition) is 5. The van der Waals surface area contributed by atoms with E-state index < -0.39 is 5.91 Å². The Kier molecular flexibility index (Phi) is 5.45. The van der Waals surface area contributed by atoms with E-state index in [1.807, 2.05) is 11.6 Å². The van der Waals surface area contributed by atoms with E-state index in [2.05, 4.69) is 34.3 Å². The molecule has 25 heavy (non-hydrogen) atoms. The number of thiophene rings is 1. The maximum atomic E-state index is 12.2. The van der Waals surface area contributed by atoms with Gasteiger partial charge >= 0.3 is 0 Å². The number of aromatic nitrogens is 1. The molecule has 0 atom stereocenters. The van der Waals surface area contributed by atoms with Crippen molar-refractivity contribution in [1.29, 1.82) is 0 Å². The molecular formula is C18H22N4O2S. The summed E-state index contributed by atoms with van der Waals surface area (Å²) in [7, 11) is 0. The maximum absolute atomic E-state index is 12.2. The first-order valence-electron chi connectivity index (χ1n) is 8.38. The van der Waals surface area contributed by atoms with E-state index >= 15 is 0 Å². The van der Waals surface area contributed by atoms with Gasteiger partial charge in [-0.2, -0.15) is 0 Å². The lowest BCUT2D eigenvalue weighted by Gasteiger charge is -2.26. The highest BCUT2D eigenvalue weighted by atomic mass is 32.1. The highest BCUT2D eigenvalue weighted by molar-refractivity contribution is 7.10. The first-order valence-corrected chi connectivity index (χ1v) is 9.26. The number of hydrogen-bond donors (Lipinski definition) is 2. The Morgan fingerprint density at radius 3 is 2.92 bits per heavy atom. The van der Waals surface area contributed by atoms with Crippen LogP contribution in [0, 0.1) is 0 Å². The molecule has 0 radical (unpaired) electrons. The number of nitrogens with two attached hydrogens (primary N) is 1. The van der Waals surface area contributed by atoms with Crippen molar-refractivity contribution in [3.05, 3.63) is 51.0 Å². The number of carbonyl (C=O) groups excluding carboxylic acids is 2. The highest BCUT2D eigenvalue weighted by Gasteiger charge is 2.24. The molecular weight excluding hydrogens is 336 g/mol. The molecule has 6 nitrogen and oxygen atoms in total. The number of pyridine rings is 1. The molecule has 3 N–H and O–H groups in total. The number of fused-ring (bicyclic) bond motifs is 1. The van der Waals surface area contributed by atoms with Crippen LogP contribution in [0.15, 0.2) is 23.7 Å². The van der Waals surface area contributed by atoms with Crippen LogP contribution in [0.5, 0.6) is 0 Å². The standard InChI is InChI=1S/C18H22N4O2S/c1-2-12-3-4-13(20-7-12)9-22-6-5-14-15(11-25-16(14)10-22)18(24)21-8-17(19)23/h3-4,7,11H,2,5-6,8-10H2,1H3,(H2,19,23)(H,21,24). The van der Waals surface area contributed by atoms with Crippen molar-refractivity contribution in [2.75, 3.05) is 13.1 Å².